The molecule has 1 aliphatic carbocycles. The second-order valence-corrected chi connectivity index (χ2v) is 7.19. The number of fused-ring (bicyclic) bond motifs is 3. The molecule has 4 rings (SSSR count). The summed E-state index contributed by atoms with van der Waals surface area (Å²) in [7, 11) is 0. The van der Waals surface area contributed by atoms with Gasteiger partial charge in [0, 0.05) is 5.56 Å². The van der Waals surface area contributed by atoms with Gasteiger partial charge in [0.1, 0.15) is 5.71 Å². The SMILES string of the molecule is CC1(C)CCC2C(=O)C(=Nc3ccccc3)c3ccccc3C2O1. The molecule has 0 saturated carbocycles. The highest BCUT2D eigenvalue weighted by atomic mass is 16.5. The van der Waals surface area contributed by atoms with Crippen molar-refractivity contribution in [3.05, 3.63) is 65.7 Å². The van der Waals surface area contributed by atoms with Crippen LogP contribution >= 0.6 is 0 Å². The number of rotatable bonds is 1. The number of nitrogens with zero attached hydrogens (tertiary/aromatic N) is 1. The molecule has 3 nitrogen and oxygen atoms in total. The lowest BCUT2D eigenvalue weighted by molar-refractivity contribution is -0.152. The summed E-state index contributed by atoms with van der Waals surface area (Å²) in [6, 6.07) is 17.7. The van der Waals surface area contributed by atoms with Crippen LogP contribution in [0.1, 0.15) is 43.9 Å². The smallest absolute Gasteiger partial charge is 0.187 e. The fourth-order valence-electron chi connectivity index (χ4n) is 3.70. The van der Waals surface area contributed by atoms with Gasteiger partial charge in [-0.2, -0.15) is 0 Å². The van der Waals surface area contributed by atoms with Crippen molar-refractivity contribution in [2.75, 3.05) is 0 Å². The number of carbonyl (C=O) groups is 1. The summed E-state index contributed by atoms with van der Waals surface area (Å²) in [6.07, 6.45) is 1.58. The standard InChI is InChI=1S/C21H21NO2/c1-21(2)13-12-17-19(23)18(22-14-8-4-3-5-9-14)15-10-6-7-11-16(15)20(17)24-21/h3-11,17,20H,12-13H2,1-2H3. The topological polar surface area (TPSA) is 38.7 Å². The summed E-state index contributed by atoms with van der Waals surface area (Å²) in [5.74, 6) is -0.0200. The van der Waals surface area contributed by atoms with Crippen molar-refractivity contribution in [3.8, 4) is 0 Å². The highest BCUT2D eigenvalue weighted by molar-refractivity contribution is 6.48. The third-order valence-corrected chi connectivity index (χ3v) is 4.96. The van der Waals surface area contributed by atoms with Crippen molar-refractivity contribution in [3.63, 3.8) is 0 Å². The molecule has 2 unspecified atom stereocenters. The van der Waals surface area contributed by atoms with Crippen LogP contribution in [0, 0.1) is 5.92 Å². The van der Waals surface area contributed by atoms with E-state index >= 15 is 0 Å². The van der Waals surface area contributed by atoms with E-state index in [2.05, 4.69) is 24.9 Å². The molecule has 2 aliphatic rings. The molecule has 122 valence electrons. The third-order valence-electron chi connectivity index (χ3n) is 4.96. The molecule has 0 radical (unpaired) electrons. The van der Waals surface area contributed by atoms with E-state index in [-0.39, 0.29) is 23.4 Å². The Morgan fingerprint density at radius 2 is 1.75 bits per heavy atom. The largest absolute Gasteiger partial charge is 0.367 e. The first kappa shape index (κ1) is 15.3. The van der Waals surface area contributed by atoms with E-state index in [4.69, 9.17) is 4.74 Å². The van der Waals surface area contributed by atoms with Gasteiger partial charge >= 0.3 is 0 Å². The van der Waals surface area contributed by atoms with Crippen LogP contribution in [0.15, 0.2) is 59.6 Å². The number of carbonyl (C=O) groups excluding carboxylic acids is 1. The van der Waals surface area contributed by atoms with Crippen molar-refractivity contribution >= 4 is 17.2 Å². The Morgan fingerprint density at radius 3 is 2.54 bits per heavy atom. The van der Waals surface area contributed by atoms with Gasteiger partial charge in [-0.3, -0.25) is 4.79 Å². The van der Waals surface area contributed by atoms with E-state index in [1.54, 1.807) is 0 Å². The molecule has 1 saturated heterocycles. The summed E-state index contributed by atoms with van der Waals surface area (Å²) < 4.78 is 6.30. The molecule has 0 aromatic heterocycles. The maximum Gasteiger partial charge on any atom is 0.187 e. The first-order valence-corrected chi connectivity index (χ1v) is 8.50. The molecule has 2 aromatic rings. The molecule has 2 atom stereocenters. The van der Waals surface area contributed by atoms with E-state index in [1.807, 2.05) is 48.5 Å². The summed E-state index contributed by atoms with van der Waals surface area (Å²) in [5, 5.41) is 0. The van der Waals surface area contributed by atoms with Crippen LogP contribution in [0.4, 0.5) is 5.69 Å². The fraction of sp³-hybridized carbons (Fsp3) is 0.333. The quantitative estimate of drug-likeness (QED) is 0.768. The van der Waals surface area contributed by atoms with Crippen molar-refractivity contribution in [1.29, 1.82) is 0 Å². The summed E-state index contributed by atoms with van der Waals surface area (Å²) in [4.78, 5) is 17.8. The number of benzene rings is 2. The van der Waals surface area contributed by atoms with E-state index in [0.29, 0.717) is 5.71 Å². The monoisotopic (exact) mass is 319 g/mol. The summed E-state index contributed by atoms with van der Waals surface area (Å²) in [5.41, 5.74) is 3.19. The average molecular weight is 319 g/mol. The van der Waals surface area contributed by atoms with Crippen molar-refractivity contribution in [2.45, 2.75) is 38.4 Å². The Morgan fingerprint density at radius 1 is 1.04 bits per heavy atom. The lowest BCUT2D eigenvalue weighted by Crippen LogP contribution is -2.44. The van der Waals surface area contributed by atoms with Crippen molar-refractivity contribution in [1.82, 2.24) is 0 Å². The van der Waals surface area contributed by atoms with Gasteiger partial charge < -0.3 is 4.74 Å². The minimum atomic E-state index is -0.192. The Balaban J connectivity index is 1.85. The minimum Gasteiger partial charge on any atom is -0.367 e. The minimum absolute atomic E-state index is 0.109. The number of Topliss-reactive ketones (excluding diaryl/α,β-unsaturated/α-hetero) is 1. The van der Waals surface area contributed by atoms with Crippen LogP contribution in [0.2, 0.25) is 0 Å². The molecule has 0 N–H and O–H groups in total. The van der Waals surface area contributed by atoms with Gasteiger partial charge in [-0.05, 0) is 44.4 Å². The van der Waals surface area contributed by atoms with Gasteiger partial charge in [0.05, 0.1) is 23.3 Å². The Labute approximate surface area is 142 Å². The molecule has 3 heteroatoms. The number of hydrogen-bond acceptors (Lipinski definition) is 3. The number of ether oxygens (including phenoxy) is 1. The molecule has 0 spiro atoms. The Hall–Kier alpha value is -2.26. The van der Waals surface area contributed by atoms with Gasteiger partial charge in [0.25, 0.3) is 0 Å². The van der Waals surface area contributed by atoms with E-state index in [0.717, 1.165) is 29.7 Å². The molecule has 2 aromatic carbocycles. The lowest BCUT2D eigenvalue weighted by Gasteiger charge is -2.43. The molecule has 0 amide bonds. The van der Waals surface area contributed by atoms with Crippen LogP contribution < -0.4 is 0 Å². The molecule has 24 heavy (non-hydrogen) atoms. The van der Waals surface area contributed by atoms with Gasteiger partial charge in [-0.1, -0.05) is 42.5 Å². The molecule has 1 heterocycles. The van der Waals surface area contributed by atoms with Crippen LogP contribution in [0.25, 0.3) is 0 Å². The van der Waals surface area contributed by atoms with Crippen LogP contribution in [0.5, 0.6) is 0 Å². The summed E-state index contributed by atoms with van der Waals surface area (Å²) in [6.45, 7) is 4.20. The zero-order valence-electron chi connectivity index (χ0n) is 14.0. The van der Waals surface area contributed by atoms with Crippen molar-refractivity contribution < 1.29 is 9.53 Å². The maximum absolute atomic E-state index is 13.1. The van der Waals surface area contributed by atoms with Gasteiger partial charge in [-0.25, -0.2) is 4.99 Å². The predicted molar refractivity (Wildman–Crippen MR) is 94.7 cm³/mol. The Bertz CT molecular complexity index is 808. The van der Waals surface area contributed by atoms with Gasteiger partial charge in [-0.15, -0.1) is 0 Å². The van der Waals surface area contributed by atoms with Gasteiger partial charge in [0.15, 0.2) is 5.78 Å². The molecule has 0 bridgehead atoms. The number of para-hydroxylation sites is 1. The highest BCUT2D eigenvalue weighted by Crippen LogP contribution is 2.45. The van der Waals surface area contributed by atoms with E-state index in [9.17, 15) is 4.79 Å². The van der Waals surface area contributed by atoms with Crippen molar-refractivity contribution in [2.24, 2.45) is 10.9 Å². The fourth-order valence-corrected chi connectivity index (χ4v) is 3.70. The van der Waals surface area contributed by atoms with Crippen LogP contribution in [-0.4, -0.2) is 17.1 Å². The van der Waals surface area contributed by atoms with E-state index in [1.165, 1.54) is 0 Å². The molecule has 1 fully saturated rings. The second kappa shape index (κ2) is 5.67. The molecule has 1 aliphatic heterocycles. The average Bonchev–Trinajstić information content (AvgIpc) is 2.59. The van der Waals surface area contributed by atoms with Crippen LogP contribution in [0.3, 0.4) is 0 Å². The number of hydrogen-bond donors (Lipinski definition) is 0. The van der Waals surface area contributed by atoms with Gasteiger partial charge in [0.2, 0.25) is 0 Å². The van der Waals surface area contributed by atoms with Crippen LogP contribution in [-0.2, 0) is 9.53 Å². The molecular weight excluding hydrogens is 298 g/mol. The zero-order chi connectivity index (χ0) is 16.7. The zero-order valence-corrected chi connectivity index (χ0v) is 14.0. The lowest BCUT2D eigenvalue weighted by atomic mass is 9.73. The second-order valence-electron chi connectivity index (χ2n) is 7.19. The predicted octanol–water partition coefficient (Wildman–Crippen LogP) is 4.64. The van der Waals surface area contributed by atoms with E-state index < -0.39 is 0 Å². The maximum atomic E-state index is 13.1. The Kier molecular flexibility index (Phi) is 3.61. The molecular formula is C21H21NO2. The number of aliphatic imine (C=N–C) groups is 1. The summed E-state index contributed by atoms with van der Waals surface area (Å²) >= 11 is 0. The highest BCUT2D eigenvalue weighted by Gasteiger charge is 2.46. The normalized spacial score (nSPS) is 26.8. The first-order valence-electron chi connectivity index (χ1n) is 8.50. The number of ketones is 1. The third kappa shape index (κ3) is 2.59. The first-order chi connectivity index (χ1) is 11.6.